The summed E-state index contributed by atoms with van der Waals surface area (Å²) in [5, 5.41) is 13.9. The fourth-order valence-electron chi connectivity index (χ4n) is 1.37. The molecule has 0 aliphatic heterocycles. The number of nitrogens with zero attached hydrogens (tertiary/aromatic N) is 3. The van der Waals surface area contributed by atoms with Crippen molar-refractivity contribution in [1.82, 2.24) is 9.97 Å². The fraction of sp³-hybridized carbons (Fsp3) is 0.500. The highest BCUT2D eigenvalue weighted by atomic mass is 16.6. The van der Waals surface area contributed by atoms with Gasteiger partial charge in [0, 0.05) is 12.0 Å². The van der Waals surface area contributed by atoms with Gasteiger partial charge in [-0.3, -0.25) is 10.1 Å². The Balaban J connectivity index is 3.44. The van der Waals surface area contributed by atoms with Crippen LogP contribution in [0, 0.1) is 10.1 Å². The molecular formula is C12H18N4O3. The standard InChI is InChI=1S/C12H18N4O3/c1-6-7-13-9-8(16(17)18)10(19-5)15-11(14-9)12(2,3)4/h6H,1,7H2,2-5H3,(H,13,14,15). The first-order valence-electron chi connectivity index (χ1n) is 5.77. The average Bonchev–Trinajstić information content (AvgIpc) is 2.33. The van der Waals surface area contributed by atoms with Crippen LogP contribution in [0.5, 0.6) is 5.88 Å². The summed E-state index contributed by atoms with van der Waals surface area (Å²) in [7, 11) is 1.35. The van der Waals surface area contributed by atoms with Gasteiger partial charge < -0.3 is 10.1 Å². The van der Waals surface area contributed by atoms with Crippen molar-refractivity contribution in [2.45, 2.75) is 26.2 Å². The van der Waals surface area contributed by atoms with Gasteiger partial charge in [0.2, 0.25) is 5.82 Å². The quantitative estimate of drug-likeness (QED) is 0.499. The second kappa shape index (κ2) is 5.64. The third-order valence-electron chi connectivity index (χ3n) is 2.31. The fourth-order valence-corrected chi connectivity index (χ4v) is 1.37. The zero-order valence-electron chi connectivity index (χ0n) is 11.6. The topological polar surface area (TPSA) is 90.2 Å². The molecule has 7 heteroatoms. The van der Waals surface area contributed by atoms with Gasteiger partial charge in [0.15, 0.2) is 0 Å². The summed E-state index contributed by atoms with van der Waals surface area (Å²) in [6, 6.07) is 0. The molecule has 0 bridgehead atoms. The summed E-state index contributed by atoms with van der Waals surface area (Å²) in [5.74, 6) is 0.569. The Morgan fingerprint density at radius 1 is 1.47 bits per heavy atom. The SMILES string of the molecule is C=CCNc1nc(C(C)(C)C)nc(OC)c1[N+](=O)[O-]. The molecule has 1 aromatic heterocycles. The van der Waals surface area contributed by atoms with Gasteiger partial charge in [0.1, 0.15) is 5.82 Å². The number of nitrogens with one attached hydrogen (secondary N) is 1. The summed E-state index contributed by atoms with van der Waals surface area (Å²) in [6.07, 6.45) is 1.59. The van der Waals surface area contributed by atoms with Gasteiger partial charge in [-0.2, -0.15) is 4.98 Å². The molecule has 0 aliphatic carbocycles. The molecule has 1 heterocycles. The Morgan fingerprint density at radius 3 is 2.53 bits per heavy atom. The lowest BCUT2D eigenvalue weighted by Gasteiger charge is -2.18. The molecule has 1 N–H and O–H groups in total. The van der Waals surface area contributed by atoms with Crippen LogP contribution in [0.4, 0.5) is 11.5 Å². The third-order valence-corrected chi connectivity index (χ3v) is 2.31. The molecule has 0 unspecified atom stereocenters. The molecule has 0 saturated carbocycles. The lowest BCUT2D eigenvalue weighted by Crippen LogP contribution is -2.19. The lowest BCUT2D eigenvalue weighted by molar-refractivity contribution is -0.385. The van der Waals surface area contributed by atoms with Crippen LogP contribution in [0.1, 0.15) is 26.6 Å². The first kappa shape index (κ1) is 14.9. The number of methoxy groups -OCH3 is 1. The molecule has 104 valence electrons. The molecule has 19 heavy (non-hydrogen) atoms. The Hall–Kier alpha value is -2.18. The smallest absolute Gasteiger partial charge is 0.372 e. The van der Waals surface area contributed by atoms with Crippen molar-refractivity contribution >= 4 is 11.5 Å². The molecule has 0 aromatic carbocycles. The summed E-state index contributed by atoms with van der Waals surface area (Å²) in [6.45, 7) is 9.69. The largest absolute Gasteiger partial charge is 0.476 e. The number of hydrogen-bond donors (Lipinski definition) is 1. The van der Waals surface area contributed by atoms with Crippen molar-refractivity contribution in [2.75, 3.05) is 19.0 Å². The zero-order chi connectivity index (χ0) is 14.6. The molecule has 0 amide bonds. The maximum absolute atomic E-state index is 11.1. The predicted molar refractivity (Wildman–Crippen MR) is 72.6 cm³/mol. The average molecular weight is 266 g/mol. The Morgan fingerprint density at radius 2 is 2.11 bits per heavy atom. The molecular weight excluding hydrogens is 248 g/mol. The van der Waals surface area contributed by atoms with Gasteiger partial charge in [-0.1, -0.05) is 26.8 Å². The highest BCUT2D eigenvalue weighted by molar-refractivity contribution is 5.62. The third kappa shape index (κ3) is 3.40. The second-order valence-corrected chi connectivity index (χ2v) is 4.93. The summed E-state index contributed by atoms with van der Waals surface area (Å²) in [4.78, 5) is 18.9. The maximum Gasteiger partial charge on any atom is 0.372 e. The predicted octanol–water partition coefficient (Wildman–Crippen LogP) is 2.29. The van der Waals surface area contributed by atoms with Crippen LogP contribution in [0.2, 0.25) is 0 Å². The van der Waals surface area contributed by atoms with Gasteiger partial charge in [0.05, 0.1) is 12.0 Å². The van der Waals surface area contributed by atoms with E-state index in [0.29, 0.717) is 12.4 Å². The van der Waals surface area contributed by atoms with Gasteiger partial charge in [-0.15, -0.1) is 6.58 Å². The molecule has 0 radical (unpaired) electrons. The van der Waals surface area contributed by atoms with Gasteiger partial charge in [-0.25, -0.2) is 4.98 Å². The first-order chi connectivity index (χ1) is 8.81. The van der Waals surface area contributed by atoms with Crippen molar-refractivity contribution in [2.24, 2.45) is 0 Å². The zero-order valence-corrected chi connectivity index (χ0v) is 11.6. The van der Waals surface area contributed by atoms with E-state index in [9.17, 15) is 10.1 Å². The van der Waals surface area contributed by atoms with Crippen molar-refractivity contribution in [1.29, 1.82) is 0 Å². The van der Waals surface area contributed by atoms with E-state index in [1.807, 2.05) is 20.8 Å². The number of rotatable bonds is 5. The monoisotopic (exact) mass is 266 g/mol. The van der Waals surface area contributed by atoms with E-state index in [1.165, 1.54) is 7.11 Å². The number of anilines is 1. The molecule has 0 fully saturated rings. The Bertz CT molecular complexity index is 494. The van der Waals surface area contributed by atoms with E-state index < -0.39 is 4.92 Å². The maximum atomic E-state index is 11.1. The molecule has 0 atom stereocenters. The van der Waals surface area contributed by atoms with E-state index in [2.05, 4.69) is 21.9 Å². The molecule has 0 saturated heterocycles. The normalized spacial score (nSPS) is 10.9. The van der Waals surface area contributed by atoms with E-state index in [4.69, 9.17) is 4.74 Å². The molecule has 7 nitrogen and oxygen atoms in total. The van der Waals surface area contributed by atoms with E-state index in [1.54, 1.807) is 6.08 Å². The van der Waals surface area contributed by atoms with Crippen LogP contribution in [-0.4, -0.2) is 28.5 Å². The van der Waals surface area contributed by atoms with Crippen LogP contribution in [0.3, 0.4) is 0 Å². The van der Waals surface area contributed by atoms with Crippen LogP contribution < -0.4 is 10.1 Å². The number of hydrogen-bond acceptors (Lipinski definition) is 6. The minimum Gasteiger partial charge on any atom is -0.476 e. The Labute approximate surface area is 111 Å². The van der Waals surface area contributed by atoms with Gasteiger partial charge >= 0.3 is 5.69 Å². The van der Waals surface area contributed by atoms with Gasteiger partial charge in [0.25, 0.3) is 5.88 Å². The van der Waals surface area contributed by atoms with Crippen LogP contribution >= 0.6 is 0 Å². The summed E-state index contributed by atoms with van der Waals surface area (Å²) in [5.41, 5.74) is -0.607. The van der Waals surface area contributed by atoms with Crippen LogP contribution in [0.25, 0.3) is 0 Å². The molecule has 0 aliphatic rings. The van der Waals surface area contributed by atoms with Crippen LogP contribution in [0.15, 0.2) is 12.7 Å². The molecule has 1 aromatic rings. The van der Waals surface area contributed by atoms with E-state index in [-0.39, 0.29) is 22.8 Å². The van der Waals surface area contributed by atoms with Gasteiger partial charge in [-0.05, 0) is 0 Å². The number of nitro groups is 1. The molecule has 1 rings (SSSR count). The highest BCUT2D eigenvalue weighted by Crippen LogP contribution is 2.34. The minimum absolute atomic E-state index is 0.0449. The lowest BCUT2D eigenvalue weighted by atomic mass is 9.96. The van der Waals surface area contributed by atoms with Crippen molar-refractivity contribution in [3.8, 4) is 5.88 Å². The van der Waals surface area contributed by atoms with Crippen molar-refractivity contribution < 1.29 is 9.66 Å². The first-order valence-corrected chi connectivity index (χ1v) is 5.77. The Kier molecular flexibility index (Phi) is 4.42. The number of ether oxygens (including phenoxy) is 1. The van der Waals surface area contributed by atoms with Crippen LogP contribution in [-0.2, 0) is 5.41 Å². The minimum atomic E-state index is -0.559. The van der Waals surface area contributed by atoms with Crippen molar-refractivity contribution in [3.63, 3.8) is 0 Å². The van der Waals surface area contributed by atoms with E-state index >= 15 is 0 Å². The molecule has 0 spiro atoms. The highest BCUT2D eigenvalue weighted by Gasteiger charge is 2.29. The summed E-state index contributed by atoms with van der Waals surface area (Å²) < 4.78 is 5.00. The van der Waals surface area contributed by atoms with Crippen molar-refractivity contribution in [3.05, 3.63) is 28.6 Å². The van der Waals surface area contributed by atoms with E-state index in [0.717, 1.165) is 0 Å². The summed E-state index contributed by atoms with van der Waals surface area (Å²) >= 11 is 0. The number of aromatic nitrogens is 2. The second-order valence-electron chi connectivity index (χ2n) is 4.93.